The highest BCUT2D eigenvalue weighted by molar-refractivity contribution is 5.15. The lowest BCUT2D eigenvalue weighted by molar-refractivity contribution is -0.418. The summed E-state index contributed by atoms with van der Waals surface area (Å²) >= 11 is 0. The Morgan fingerprint density at radius 1 is 0.545 bits per heavy atom. The van der Waals surface area contributed by atoms with Crippen molar-refractivity contribution in [2.24, 2.45) is 0 Å². The molecule has 0 nitrogen and oxygen atoms in total. The van der Waals surface area contributed by atoms with Gasteiger partial charge in [-0.2, -0.15) is 52.7 Å². The van der Waals surface area contributed by atoms with E-state index in [1.807, 2.05) is 0 Å². The van der Waals surface area contributed by atoms with Crippen molar-refractivity contribution >= 4 is 0 Å². The first-order valence-corrected chi connectivity index (χ1v) is 5.22. The predicted molar refractivity (Wildman–Crippen MR) is 50.2 cm³/mol. The average molecular weight is 356 g/mol. The summed E-state index contributed by atoms with van der Waals surface area (Å²) in [7, 11) is 0. The largest absolute Gasteiger partial charge is 0.385 e. The first kappa shape index (κ1) is 20.9. The molecule has 0 amide bonds. The quantitative estimate of drug-likeness (QED) is 0.442. The smallest absolute Gasteiger partial charge is 0.200 e. The van der Waals surface area contributed by atoms with Gasteiger partial charge in [0.2, 0.25) is 0 Å². The van der Waals surface area contributed by atoms with Crippen LogP contribution in [0.5, 0.6) is 0 Å². The van der Waals surface area contributed by atoms with Crippen LogP contribution < -0.4 is 0 Å². The van der Waals surface area contributed by atoms with Gasteiger partial charge in [0.15, 0.2) is 0 Å². The van der Waals surface area contributed by atoms with Gasteiger partial charge in [0.05, 0.1) is 0 Å². The SMILES string of the molecule is C/C=C/C(F)(F)C(F)(F)C(F)(F)C(F)(F)C(F)(F)C(C)(F)F. The van der Waals surface area contributed by atoms with E-state index in [1.165, 1.54) is 0 Å². The van der Waals surface area contributed by atoms with Gasteiger partial charge in [-0.15, -0.1) is 0 Å². The third-order valence-corrected chi connectivity index (χ3v) is 2.53. The Balaban J connectivity index is 6.23. The number of halogens is 12. The average Bonchev–Trinajstić information content (AvgIpc) is 2.26. The fourth-order valence-corrected chi connectivity index (χ4v) is 1.19. The molecular weight excluding hydrogens is 348 g/mol. The molecule has 0 aromatic carbocycles. The third kappa shape index (κ3) is 2.64. The second-order valence-corrected chi connectivity index (χ2v) is 4.31. The molecule has 0 N–H and O–H groups in total. The molecule has 0 aliphatic carbocycles. The lowest BCUT2D eigenvalue weighted by Gasteiger charge is -2.40. The van der Waals surface area contributed by atoms with E-state index in [2.05, 4.69) is 0 Å². The van der Waals surface area contributed by atoms with Gasteiger partial charge >= 0.3 is 35.5 Å². The summed E-state index contributed by atoms with van der Waals surface area (Å²) in [5.74, 6) is -40.9. The maximum atomic E-state index is 13.0. The topological polar surface area (TPSA) is 0 Å². The second kappa shape index (κ2) is 5.22. The number of alkyl halides is 12. The van der Waals surface area contributed by atoms with Crippen molar-refractivity contribution in [3.8, 4) is 0 Å². The van der Waals surface area contributed by atoms with E-state index in [0.29, 0.717) is 6.92 Å². The summed E-state index contributed by atoms with van der Waals surface area (Å²) in [4.78, 5) is 0. The molecule has 0 fully saturated rings. The second-order valence-electron chi connectivity index (χ2n) is 4.31. The molecule has 0 radical (unpaired) electrons. The molecule has 0 saturated carbocycles. The van der Waals surface area contributed by atoms with Gasteiger partial charge in [0.25, 0.3) is 0 Å². The highest BCUT2D eigenvalue weighted by atomic mass is 19.4. The summed E-state index contributed by atoms with van der Waals surface area (Å²) in [6, 6.07) is 0. The molecule has 132 valence electrons. The molecule has 12 heteroatoms. The van der Waals surface area contributed by atoms with Crippen LogP contribution in [0, 0.1) is 0 Å². The van der Waals surface area contributed by atoms with E-state index in [9.17, 15) is 52.7 Å². The molecule has 0 bridgehead atoms. The fraction of sp³-hybridized carbons (Fsp3) is 0.800. The van der Waals surface area contributed by atoms with Crippen LogP contribution in [0.2, 0.25) is 0 Å². The van der Waals surface area contributed by atoms with Gasteiger partial charge in [-0.1, -0.05) is 6.08 Å². The number of rotatable bonds is 6. The van der Waals surface area contributed by atoms with Gasteiger partial charge in [-0.3, -0.25) is 0 Å². The van der Waals surface area contributed by atoms with Crippen molar-refractivity contribution in [3.63, 3.8) is 0 Å². The highest BCUT2D eigenvalue weighted by Crippen LogP contribution is 2.60. The minimum atomic E-state index is -7.48. The summed E-state index contributed by atoms with van der Waals surface area (Å²) < 4.78 is 154. The van der Waals surface area contributed by atoms with Gasteiger partial charge < -0.3 is 0 Å². The van der Waals surface area contributed by atoms with Crippen LogP contribution in [0.4, 0.5) is 52.7 Å². The van der Waals surface area contributed by atoms with Crippen LogP contribution in [0.3, 0.4) is 0 Å². The Morgan fingerprint density at radius 3 is 1.14 bits per heavy atom. The Kier molecular flexibility index (Phi) is 4.96. The monoisotopic (exact) mass is 356 g/mol. The van der Waals surface area contributed by atoms with E-state index in [-0.39, 0.29) is 6.08 Å². The highest BCUT2D eigenvalue weighted by Gasteiger charge is 2.89. The summed E-state index contributed by atoms with van der Waals surface area (Å²) in [5.41, 5.74) is 0. The Hall–Kier alpha value is -1.10. The molecule has 0 saturated heterocycles. The molecule has 0 atom stereocenters. The van der Waals surface area contributed by atoms with Gasteiger partial charge in [0, 0.05) is 6.92 Å². The first-order valence-electron chi connectivity index (χ1n) is 5.22. The fourth-order valence-electron chi connectivity index (χ4n) is 1.19. The Labute approximate surface area is 115 Å². The molecule has 0 aromatic heterocycles. The van der Waals surface area contributed by atoms with E-state index in [4.69, 9.17) is 0 Å². The minimum Gasteiger partial charge on any atom is -0.200 e. The lowest BCUT2D eigenvalue weighted by Crippen LogP contribution is -2.70. The number of hydrogen-bond donors (Lipinski definition) is 0. The van der Waals surface area contributed by atoms with Crippen molar-refractivity contribution in [1.29, 1.82) is 0 Å². The Morgan fingerprint density at radius 2 is 0.864 bits per heavy atom. The van der Waals surface area contributed by atoms with E-state index < -0.39 is 48.5 Å². The van der Waals surface area contributed by atoms with Crippen molar-refractivity contribution in [1.82, 2.24) is 0 Å². The molecule has 22 heavy (non-hydrogen) atoms. The van der Waals surface area contributed by atoms with Gasteiger partial charge in [-0.25, -0.2) is 0 Å². The van der Waals surface area contributed by atoms with Crippen molar-refractivity contribution in [3.05, 3.63) is 12.2 Å². The molecule has 0 heterocycles. The van der Waals surface area contributed by atoms with Crippen LogP contribution in [-0.4, -0.2) is 35.5 Å². The van der Waals surface area contributed by atoms with Crippen molar-refractivity contribution in [2.45, 2.75) is 49.4 Å². The van der Waals surface area contributed by atoms with Crippen LogP contribution in [0.25, 0.3) is 0 Å². The summed E-state index contributed by atoms with van der Waals surface area (Å²) in [5, 5.41) is 0. The molecular formula is C10H8F12. The molecule has 0 aromatic rings. The standard InChI is InChI=1S/C10H8F12/c1-3-4-6(13,14)8(17,18)10(21,22)9(19,20)7(15,16)5(2,11)12/h3-4H,1-2H3/b4-3+. The minimum absolute atomic E-state index is 0.0642. The van der Waals surface area contributed by atoms with Crippen LogP contribution in [0.15, 0.2) is 12.2 Å². The lowest BCUT2D eigenvalue weighted by atomic mass is 9.91. The van der Waals surface area contributed by atoms with Crippen LogP contribution in [0.1, 0.15) is 13.8 Å². The van der Waals surface area contributed by atoms with Crippen LogP contribution in [-0.2, 0) is 0 Å². The van der Waals surface area contributed by atoms with E-state index >= 15 is 0 Å². The normalized spacial score (nSPS) is 16.5. The molecule has 0 unspecified atom stereocenters. The third-order valence-electron chi connectivity index (χ3n) is 2.53. The molecule has 0 rings (SSSR count). The Bertz CT molecular complexity index is 428. The molecule has 0 spiro atoms. The van der Waals surface area contributed by atoms with Gasteiger partial charge in [-0.05, 0) is 13.0 Å². The van der Waals surface area contributed by atoms with Crippen molar-refractivity contribution in [2.75, 3.05) is 0 Å². The number of allylic oxidation sites excluding steroid dienone is 2. The zero-order valence-electron chi connectivity index (χ0n) is 10.7. The maximum absolute atomic E-state index is 13.0. The predicted octanol–water partition coefficient (Wildman–Crippen LogP) is 5.39. The molecule has 0 aliphatic heterocycles. The maximum Gasteiger partial charge on any atom is 0.385 e. The van der Waals surface area contributed by atoms with E-state index in [0.717, 1.165) is 0 Å². The summed E-state index contributed by atoms with van der Waals surface area (Å²) in [6.45, 7) is -0.325. The van der Waals surface area contributed by atoms with Crippen LogP contribution >= 0.6 is 0 Å². The summed E-state index contributed by atoms with van der Waals surface area (Å²) in [6.07, 6.45) is -0.881. The van der Waals surface area contributed by atoms with E-state index in [1.54, 1.807) is 0 Å². The molecule has 0 aliphatic rings. The number of hydrogen-bond acceptors (Lipinski definition) is 0. The zero-order valence-corrected chi connectivity index (χ0v) is 10.7. The zero-order chi connectivity index (χ0) is 18.4. The first-order chi connectivity index (χ1) is 9.31. The van der Waals surface area contributed by atoms with Crippen molar-refractivity contribution < 1.29 is 52.7 Å². The van der Waals surface area contributed by atoms with Gasteiger partial charge in [0.1, 0.15) is 0 Å².